The molecule has 0 aliphatic carbocycles. The first-order valence-electron chi connectivity index (χ1n) is 11.0. The number of aryl methyl sites for hydroxylation is 6. The quantitative estimate of drug-likeness (QED) is 0.507. The third-order valence-corrected chi connectivity index (χ3v) is 5.88. The minimum Gasteiger partial charge on any atom is -0.396 e. The van der Waals surface area contributed by atoms with Gasteiger partial charge < -0.3 is 5.11 Å². The van der Waals surface area contributed by atoms with Crippen molar-refractivity contribution in [3.05, 3.63) is 51.5 Å². The summed E-state index contributed by atoms with van der Waals surface area (Å²) < 4.78 is 2.11. The van der Waals surface area contributed by atoms with Gasteiger partial charge >= 0.3 is 0 Å². The number of aromatic nitrogens is 3. The molecular formula is C25H35N3O. The lowest BCUT2D eigenvalue weighted by Gasteiger charge is -2.15. The van der Waals surface area contributed by atoms with Gasteiger partial charge in [0.25, 0.3) is 0 Å². The van der Waals surface area contributed by atoms with Crippen LogP contribution < -0.4 is 0 Å². The molecule has 0 saturated carbocycles. The van der Waals surface area contributed by atoms with Gasteiger partial charge in [-0.1, -0.05) is 31.0 Å². The summed E-state index contributed by atoms with van der Waals surface area (Å²) in [6.45, 7) is 13.2. The molecule has 0 amide bonds. The normalized spacial score (nSPS) is 11.6. The zero-order valence-electron chi connectivity index (χ0n) is 18.9. The second-order valence-corrected chi connectivity index (χ2v) is 8.38. The van der Waals surface area contributed by atoms with Crippen LogP contribution in [0, 0.1) is 34.6 Å². The van der Waals surface area contributed by atoms with Crippen LogP contribution in [-0.4, -0.2) is 26.3 Å². The van der Waals surface area contributed by atoms with Crippen molar-refractivity contribution in [1.29, 1.82) is 0 Å². The molecule has 156 valence electrons. The summed E-state index contributed by atoms with van der Waals surface area (Å²) in [7, 11) is 0. The predicted molar refractivity (Wildman–Crippen MR) is 121 cm³/mol. The fourth-order valence-corrected chi connectivity index (χ4v) is 4.58. The molecule has 0 aliphatic heterocycles. The van der Waals surface area contributed by atoms with Gasteiger partial charge in [-0.05, 0) is 89.0 Å². The third kappa shape index (κ3) is 4.23. The van der Waals surface area contributed by atoms with Crippen LogP contribution >= 0.6 is 0 Å². The number of benzene rings is 1. The maximum atomic E-state index is 9.20. The molecule has 3 aromatic rings. The molecule has 1 N–H and O–H groups in total. The van der Waals surface area contributed by atoms with Crippen molar-refractivity contribution < 1.29 is 5.11 Å². The highest BCUT2D eigenvalue weighted by Crippen LogP contribution is 2.35. The number of hydrogen-bond acceptors (Lipinski definition) is 3. The van der Waals surface area contributed by atoms with Crippen molar-refractivity contribution in [3.63, 3.8) is 0 Å². The van der Waals surface area contributed by atoms with E-state index in [1.807, 2.05) is 0 Å². The number of fused-ring (bicyclic) bond motifs is 1. The Balaban J connectivity index is 2.25. The maximum Gasteiger partial charge on any atom is 0.163 e. The van der Waals surface area contributed by atoms with Crippen molar-refractivity contribution >= 4 is 5.65 Å². The van der Waals surface area contributed by atoms with Gasteiger partial charge in [-0.3, -0.25) is 0 Å². The minimum atomic E-state index is 0.246. The molecule has 29 heavy (non-hydrogen) atoms. The molecule has 4 heteroatoms. The molecule has 0 unspecified atom stereocenters. The Morgan fingerprint density at radius 2 is 1.55 bits per heavy atom. The summed E-state index contributed by atoms with van der Waals surface area (Å²) in [5.41, 5.74) is 12.0. The second kappa shape index (κ2) is 9.08. The van der Waals surface area contributed by atoms with Crippen LogP contribution in [0.3, 0.4) is 0 Å². The zero-order chi connectivity index (χ0) is 21.1. The predicted octanol–water partition coefficient (Wildman–Crippen LogP) is 5.60. The average molecular weight is 394 g/mol. The maximum absolute atomic E-state index is 9.20. The van der Waals surface area contributed by atoms with E-state index in [4.69, 9.17) is 10.1 Å². The summed E-state index contributed by atoms with van der Waals surface area (Å²) in [6.07, 6.45) is 6.07. The number of aliphatic hydroxyl groups is 1. The van der Waals surface area contributed by atoms with E-state index in [0.717, 1.165) is 55.6 Å². The van der Waals surface area contributed by atoms with Gasteiger partial charge in [-0.2, -0.15) is 5.10 Å². The number of hydrogen-bond donors (Lipinski definition) is 1. The molecule has 0 spiro atoms. The fourth-order valence-electron chi connectivity index (χ4n) is 4.58. The van der Waals surface area contributed by atoms with Crippen molar-refractivity contribution in [3.8, 4) is 11.1 Å². The summed E-state index contributed by atoms with van der Waals surface area (Å²) >= 11 is 0. The van der Waals surface area contributed by atoms with Crippen LogP contribution in [0.4, 0.5) is 0 Å². The first-order chi connectivity index (χ1) is 13.9. The van der Waals surface area contributed by atoms with Crippen molar-refractivity contribution in [2.45, 2.75) is 80.1 Å². The molecule has 0 radical (unpaired) electrons. The highest BCUT2D eigenvalue weighted by atomic mass is 16.2. The van der Waals surface area contributed by atoms with E-state index in [0.29, 0.717) is 0 Å². The average Bonchev–Trinajstić information content (AvgIpc) is 2.96. The van der Waals surface area contributed by atoms with Gasteiger partial charge in [-0.15, -0.1) is 0 Å². The van der Waals surface area contributed by atoms with Gasteiger partial charge in [0.15, 0.2) is 5.65 Å². The van der Waals surface area contributed by atoms with Crippen LogP contribution in [0.2, 0.25) is 0 Å². The molecule has 3 rings (SSSR count). The van der Waals surface area contributed by atoms with Gasteiger partial charge in [-0.25, -0.2) is 9.50 Å². The number of nitrogens with zero attached hydrogens (tertiary/aromatic N) is 3. The lowest BCUT2D eigenvalue weighted by atomic mass is 9.93. The second-order valence-electron chi connectivity index (χ2n) is 8.38. The Labute approximate surface area is 175 Å². The zero-order valence-corrected chi connectivity index (χ0v) is 18.9. The fraction of sp³-hybridized carbons (Fsp3) is 0.520. The van der Waals surface area contributed by atoms with Crippen LogP contribution in [0.1, 0.15) is 71.9 Å². The van der Waals surface area contributed by atoms with Crippen molar-refractivity contribution in [2.75, 3.05) is 6.61 Å². The number of aliphatic hydroxyl groups excluding tert-OH is 1. The van der Waals surface area contributed by atoms with E-state index in [1.54, 1.807) is 0 Å². The Morgan fingerprint density at radius 1 is 0.862 bits per heavy atom. The van der Waals surface area contributed by atoms with Gasteiger partial charge in [0.2, 0.25) is 0 Å². The topological polar surface area (TPSA) is 50.4 Å². The van der Waals surface area contributed by atoms with Crippen LogP contribution in [0.5, 0.6) is 0 Å². The molecule has 1 aromatic carbocycles. The monoisotopic (exact) mass is 393 g/mol. The van der Waals surface area contributed by atoms with E-state index in [2.05, 4.69) is 58.2 Å². The molecular weight excluding hydrogens is 358 g/mol. The van der Waals surface area contributed by atoms with Crippen LogP contribution in [0.15, 0.2) is 12.1 Å². The van der Waals surface area contributed by atoms with E-state index >= 15 is 0 Å². The largest absolute Gasteiger partial charge is 0.396 e. The molecule has 0 bridgehead atoms. The van der Waals surface area contributed by atoms with Gasteiger partial charge in [0, 0.05) is 18.0 Å². The molecule has 4 nitrogen and oxygen atoms in total. The van der Waals surface area contributed by atoms with Gasteiger partial charge in [0.1, 0.15) is 0 Å². The Hall–Kier alpha value is -2.20. The molecule has 2 aromatic heterocycles. The lowest BCUT2D eigenvalue weighted by molar-refractivity contribution is 0.284. The number of unbranched alkanes of at least 4 members (excludes halogenated alkanes) is 2. The molecule has 0 aliphatic rings. The smallest absolute Gasteiger partial charge is 0.163 e. The van der Waals surface area contributed by atoms with Crippen molar-refractivity contribution in [1.82, 2.24) is 14.6 Å². The first kappa shape index (κ1) is 21.5. The van der Waals surface area contributed by atoms with E-state index < -0.39 is 0 Å². The lowest BCUT2D eigenvalue weighted by Crippen LogP contribution is -2.10. The highest BCUT2D eigenvalue weighted by Gasteiger charge is 2.21. The molecule has 0 saturated heterocycles. The molecule has 2 heterocycles. The third-order valence-electron chi connectivity index (χ3n) is 5.88. The summed E-state index contributed by atoms with van der Waals surface area (Å²) in [6, 6.07) is 4.50. The summed E-state index contributed by atoms with van der Waals surface area (Å²) in [4.78, 5) is 5.06. The highest BCUT2D eigenvalue weighted by molar-refractivity contribution is 5.84. The SMILES string of the molecule is CCCCc1c(CCCCO)c(C)nc2c(-c3c(C)cc(C)cc3C)c(C)nn12. The Bertz CT molecular complexity index is 994. The van der Waals surface area contributed by atoms with E-state index in [1.165, 1.54) is 39.1 Å². The van der Waals surface area contributed by atoms with Crippen LogP contribution in [0.25, 0.3) is 16.8 Å². The van der Waals surface area contributed by atoms with Crippen LogP contribution in [-0.2, 0) is 12.8 Å². The summed E-state index contributed by atoms with van der Waals surface area (Å²) in [5, 5.41) is 14.2. The van der Waals surface area contributed by atoms with E-state index in [-0.39, 0.29) is 6.61 Å². The number of rotatable bonds is 8. The Kier molecular flexibility index (Phi) is 6.74. The van der Waals surface area contributed by atoms with E-state index in [9.17, 15) is 5.11 Å². The first-order valence-corrected chi connectivity index (χ1v) is 11.0. The molecule has 0 fully saturated rings. The molecule has 0 atom stereocenters. The van der Waals surface area contributed by atoms with Gasteiger partial charge in [0.05, 0.1) is 11.3 Å². The minimum absolute atomic E-state index is 0.246. The standard InChI is InChI=1S/C25H35N3O/c1-7-8-12-22-21(11-9-10-13-29)19(5)26-25-24(20(6)27-28(22)25)23-17(3)14-16(2)15-18(23)4/h14-15,29H,7-13H2,1-6H3. The van der Waals surface area contributed by atoms with Crippen molar-refractivity contribution in [2.24, 2.45) is 0 Å². The summed E-state index contributed by atoms with van der Waals surface area (Å²) in [5.74, 6) is 0. The Morgan fingerprint density at radius 3 is 2.17 bits per heavy atom.